The summed E-state index contributed by atoms with van der Waals surface area (Å²) >= 11 is 3.48. The van der Waals surface area contributed by atoms with Crippen LogP contribution in [0.4, 0.5) is 0 Å². The molecule has 2 rings (SSSR count). The van der Waals surface area contributed by atoms with E-state index in [1.54, 1.807) is 0 Å². The van der Waals surface area contributed by atoms with Crippen LogP contribution in [0.5, 0.6) is 0 Å². The van der Waals surface area contributed by atoms with Crippen molar-refractivity contribution in [3.63, 3.8) is 0 Å². The summed E-state index contributed by atoms with van der Waals surface area (Å²) in [5, 5.41) is 8.99. The smallest absolute Gasteiger partial charge is 0.192 e. The van der Waals surface area contributed by atoms with Gasteiger partial charge in [0.15, 0.2) is 12.7 Å². The Morgan fingerprint density at radius 3 is 2.62 bits per heavy atom. The highest BCUT2D eigenvalue weighted by Crippen LogP contribution is 2.08. The van der Waals surface area contributed by atoms with Gasteiger partial charge >= 0.3 is 0 Å². The molecule has 0 N–H and O–H groups in total. The molecule has 0 aliphatic rings. The first kappa shape index (κ1) is 10.8. The van der Waals surface area contributed by atoms with Gasteiger partial charge in [-0.15, -0.1) is 0 Å². The van der Waals surface area contributed by atoms with E-state index in [4.69, 9.17) is 5.26 Å². The van der Waals surface area contributed by atoms with E-state index in [1.807, 2.05) is 48.7 Å². The van der Waals surface area contributed by atoms with Gasteiger partial charge in [0.2, 0.25) is 4.60 Å². The molecule has 0 fully saturated rings. The van der Waals surface area contributed by atoms with Crippen molar-refractivity contribution in [1.82, 2.24) is 0 Å². The highest BCUT2D eigenvalue weighted by Gasteiger charge is 2.09. The summed E-state index contributed by atoms with van der Waals surface area (Å²) in [6.45, 7) is 0.700. The first-order valence-electron chi connectivity index (χ1n) is 4.93. The molecule has 3 heteroatoms. The van der Waals surface area contributed by atoms with Gasteiger partial charge in [0.05, 0.1) is 11.6 Å². The van der Waals surface area contributed by atoms with Gasteiger partial charge in [0.25, 0.3) is 0 Å². The average molecular weight is 274 g/mol. The number of nitrogens with zero attached hydrogens (tertiary/aromatic N) is 2. The monoisotopic (exact) mass is 273 g/mol. The molecule has 0 aliphatic carbocycles. The fourth-order valence-corrected chi connectivity index (χ4v) is 1.93. The first-order chi connectivity index (χ1) is 7.81. The fourth-order valence-electron chi connectivity index (χ4n) is 1.53. The van der Waals surface area contributed by atoms with Crippen molar-refractivity contribution in [3.8, 4) is 6.07 Å². The molecule has 0 saturated heterocycles. The van der Waals surface area contributed by atoms with E-state index in [0.29, 0.717) is 6.54 Å². The number of nitriles is 1. The third kappa shape index (κ3) is 2.29. The van der Waals surface area contributed by atoms with Crippen LogP contribution in [-0.2, 0) is 6.54 Å². The molecular formula is C13H10BrN2+. The Morgan fingerprint density at radius 1 is 1.12 bits per heavy atom. The molecule has 0 unspecified atom stereocenters. The number of aromatic nitrogens is 1. The Balaban J connectivity index is 2.35. The van der Waals surface area contributed by atoms with E-state index in [9.17, 15) is 0 Å². The van der Waals surface area contributed by atoms with Crippen molar-refractivity contribution < 1.29 is 4.57 Å². The molecular weight excluding hydrogens is 264 g/mol. The lowest BCUT2D eigenvalue weighted by Crippen LogP contribution is -2.35. The van der Waals surface area contributed by atoms with Crippen LogP contribution in [-0.4, -0.2) is 0 Å². The summed E-state index contributed by atoms with van der Waals surface area (Å²) in [4.78, 5) is 0. The van der Waals surface area contributed by atoms with Crippen LogP contribution in [0.2, 0.25) is 0 Å². The van der Waals surface area contributed by atoms with E-state index in [0.717, 1.165) is 15.7 Å². The molecule has 78 valence electrons. The van der Waals surface area contributed by atoms with Gasteiger partial charge in [-0.1, -0.05) is 18.2 Å². The zero-order chi connectivity index (χ0) is 11.4. The summed E-state index contributed by atoms with van der Waals surface area (Å²) in [5.74, 6) is 0. The summed E-state index contributed by atoms with van der Waals surface area (Å²) in [6.07, 6.45) is 1.98. The zero-order valence-corrected chi connectivity index (χ0v) is 10.2. The predicted molar refractivity (Wildman–Crippen MR) is 64.6 cm³/mol. The summed E-state index contributed by atoms with van der Waals surface area (Å²) in [7, 11) is 0. The van der Waals surface area contributed by atoms with Gasteiger partial charge in [-0.2, -0.15) is 9.83 Å². The molecule has 1 aromatic heterocycles. The number of rotatable bonds is 2. The minimum Gasteiger partial charge on any atom is -0.192 e. The molecule has 2 nitrogen and oxygen atoms in total. The lowest BCUT2D eigenvalue weighted by Gasteiger charge is -2.01. The lowest BCUT2D eigenvalue weighted by atomic mass is 10.1. The van der Waals surface area contributed by atoms with E-state index in [1.165, 1.54) is 0 Å². The fraction of sp³-hybridized carbons (Fsp3) is 0.0769. The molecule has 1 heterocycles. The Kier molecular flexibility index (Phi) is 3.33. The van der Waals surface area contributed by atoms with Gasteiger partial charge in [0.1, 0.15) is 0 Å². The Hall–Kier alpha value is -1.66. The topological polar surface area (TPSA) is 27.7 Å². The van der Waals surface area contributed by atoms with Gasteiger partial charge in [-0.25, -0.2) is 0 Å². The predicted octanol–water partition coefficient (Wildman–Crippen LogP) is 2.66. The number of pyridine rings is 1. The van der Waals surface area contributed by atoms with Crippen LogP contribution in [0.25, 0.3) is 0 Å². The summed E-state index contributed by atoms with van der Waals surface area (Å²) in [5.41, 5.74) is 1.76. The van der Waals surface area contributed by atoms with Crippen molar-refractivity contribution in [2.24, 2.45) is 0 Å². The molecule has 0 aliphatic heterocycles. The highest BCUT2D eigenvalue weighted by molar-refractivity contribution is 9.10. The second kappa shape index (κ2) is 4.91. The quantitative estimate of drug-likeness (QED) is 0.611. The molecule has 0 spiro atoms. The highest BCUT2D eigenvalue weighted by atomic mass is 79.9. The Labute approximate surface area is 103 Å². The van der Waals surface area contributed by atoms with E-state index in [-0.39, 0.29) is 0 Å². The zero-order valence-electron chi connectivity index (χ0n) is 8.60. The maximum Gasteiger partial charge on any atom is 0.248 e. The van der Waals surface area contributed by atoms with Crippen LogP contribution in [0.15, 0.2) is 53.3 Å². The molecule has 0 radical (unpaired) electrons. The minimum absolute atomic E-state index is 0.700. The maximum absolute atomic E-state index is 8.99. The van der Waals surface area contributed by atoms with Gasteiger partial charge < -0.3 is 0 Å². The van der Waals surface area contributed by atoms with Crippen molar-refractivity contribution in [1.29, 1.82) is 5.26 Å². The van der Waals surface area contributed by atoms with Crippen LogP contribution in [0.3, 0.4) is 0 Å². The Bertz CT molecular complexity index is 544. The normalized spacial score (nSPS) is 9.75. The molecule has 0 saturated carbocycles. The van der Waals surface area contributed by atoms with Crippen molar-refractivity contribution in [3.05, 3.63) is 64.4 Å². The van der Waals surface area contributed by atoms with Crippen molar-refractivity contribution in [2.45, 2.75) is 6.54 Å². The van der Waals surface area contributed by atoms with Gasteiger partial charge in [-0.05, 0) is 12.1 Å². The molecule has 0 bridgehead atoms. The Morgan fingerprint density at radius 2 is 1.88 bits per heavy atom. The van der Waals surface area contributed by atoms with E-state index >= 15 is 0 Å². The van der Waals surface area contributed by atoms with Crippen LogP contribution >= 0.6 is 15.9 Å². The van der Waals surface area contributed by atoms with Crippen molar-refractivity contribution >= 4 is 15.9 Å². The second-order valence-electron chi connectivity index (χ2n) is 3.42. The largest absolute Gasteiger partial charge is 0.248 e. The summed E-state index contributed by atoms with van der Waals surface area (Å²) < 4.78 is 3.05. The SMILES string of the molecule is N#Cc1ccccc1C[n+]1ccccc1Br. The lowest BCUT2D eigenvalue weighted by molar-refractivity contribution is -0.699. The van der Waals surface area contributed by atoms with E-state index in [2.05, 4.69) is 26.6 Å². The van der Waals surface area contributed by atoms with Crippen LogP contribution in [0, 0.1) is 11.3 Å². The third-order valence-electron chi connectivity index (χ3n) is 2.36. The van der Waals surface area contributed by atoms with Gasteiger partial charge in [0, 0.05) is 33.6 Å². The number of halogens is 1. The standard InChI is InChI=1S/C13H10BrN2/c14-13-7-3-4-8-16(13)10-12-6-2-1-5-11(12)9-15/h1-8H,10H2/q+1. The maximum atomic E-state index is 8.99. The second-order valence-corrected chi connectivity index (χ2v) is 4.23. The number of benzene rings is 1. The molecule has 0 atom stereocenters. The minimum atomic E-state index is 0.700. The average Bonchev–Trinajstić information content (AvgIpc) is 2.33. The number of hydrogen-bond acceptors (Lipinski definition) is 1. The van der Waals surface area contributed by atoms with Crippen LogP contribution < -0.4 is 4.57 Å². The van der Waals surface area contributed by atoms with Crippen molar-refractivity contribution in [2.75, 3.05) is 0 Å². The third-order valence-corrected chi connectivity index (χ3v) is 3.08. The van der Waals surface area contributed by atoms with Crippen LogP contribution in [0.1, 0.15) is 11.1 Å². The summed E-state index contributed by atoms with van der Waals surface area (Å²) in [6, 6.07) is 15.8. The van der Waals surface area contributed by atoms with Gasteiger partial charge in [-0.3, -0.25) is 0 Å². The molecule has 1 aromatic carbocycles. The number of hydrogen-bond donors (Lipinski definition) is 0. The molecule has 0 amide bonds. The first-order valence-corrected chi connectivity index (χ1v) is 5.72. The molecule has 16 heavy (non-hydrogen) atoms. The van der Waals surface area contributed by atoms with E-state index < -0.39 is 0 Å². The molecule has 2 aromatic rings.